The number of carbonyl (C=O) groups excluding carboxylic acids is 2. The third-order valence-electron chi connectivity index (χ3n) is 5.15. The Bertz CT molecular complexity index is 1250. The van der Waals surface area contributed by atoms with Crippen molar-refractivity contribution in [1.82, 2.24) is 10.2 Å². The first-order chi connectivity index (χ1) is 16.8. The normalized spacial score (nSPS) is 13.1. The van der Waals surface area contributed by atoms with Crippen LogP contribution in [0, 0.1) is 5.82 Å². The molecular weight excluding hydrogens is 538 g/mol. The van der Waals surface area contributed by atoms with Crippen molar-refractivity contribution in [3.05, 3.63) is 64.4 Å². The monoisotopic (exact) mass is 565 g/mol. The summed E-state index contributed by atoms with van der Waals surface area (Å²) in [5.74, 6) is -1.96. The Morgan fingerprint density at radius 1 is 1.05 bits per heavy atom. The molecule has 1 atom stereocenters. The number of nitrogens with one attached hydrogen (secondary N) is 1. The van der Waals surface area contributed by atoms with Gasteiger partial charge in [0, 0.05) is 12.1 Å². The standard InChI is InChI=1S/C24H28ClF4N3O4S/c1-15(22(34)30-23(2,3)4)31(13-16-6-9-18(26)10-7-16)21(33)14-32(37(5,35)36)20-12-17(24(27,28)29)8-11-19(20)25/h6-12,15H,13-14H2,1-5H3,(H,30,34)/t15-/m1/s1. The van der Waals surface area contributed by atoms with Crippen molar-refractivity contribution in [1.29, 1.82) is 0 Å². The molecule has 0 saturated carbocycles. The first-order valence-electron chi connectivity index (χ1n) is 11.0. The van der Waals surface area contributed by atoms with Gasteiger partial charge in [0.15, 0.2) is 0 Å². The predicted octanol–water partition coefficient (Wildman–Crippen LogP) is 4.60. The van der Waals surface area contributed by atoms with Gasteiger partial charge in [0.1, 0.15) is 18.4 Å². The molecule has 0 aliphatic rings. The van der Waals surface area contributed by atoms with Gasteiger partial charge in [-0.15, -0.1) is 0 Å². The van der Waals surface area contributed by atoms with E-state index >= 15 is 0 Å². The van der Waals surface area contributed by atoms with Crippen molar-refractivity contribution in [2.75, 3.05) is 17.1 Å². The van der Waals surface area contributed by atoms with Crippen LogP contribution >= 0.6 is 11.6 Å². The fourth-order valence-corrected chi connectivity index (χ4v) is 4.44. The van der Waals surface area contributed by atoms with E-state index in [1.807, 2.05) is 0 Å². The van der Waals surface area contributed by atoms with Crippen LogP contribution in [-0.4, -0.2) is 49.5 Å². The van der Waals surface area contributed by atoms with E-state index in [2.05, 4.69) is 5.32 Å². The molecule has 2 amide bonds. The van der Waals surface area contributed by atoms with Crippen molar-refractivity contribution < 1.29 is 35.6 Å². The maximum Gasteiger partial charge on any atom is 0.416 e. The average Bonchev–Trinajstić information content (AvgIpc) is 2.74. The summed E-state index contributed by atoms with van der Waals surface area (Å²) in [6.07, 6.45) is -4.07. The van der Waals surface area contributed by atoms with E-state index in [1.165, 1.54) is 19.1 Å². The van der Waals surface area contributed by atoms with E-state index in [9.17, 15) is 35.6 Å². The van der Waals surface area contributed by atoms with E-state index in [0.717, 1.165) is 29.4 Å². The van der Waals surface area contributed by atoms with Crippen LogP contribution in [0.4, 0.5) is 23.2 Å². The summed E-state index contributed by atoms with van der Waals surface area (Å²) in [6.45, 7) is 5.46. The molecule has 13 heteroatoms. The topological polar surface area (TPSA) is 86.8 Å². The number of hydrogen-bond acceptors (Lipinski definition) is 4. The molecule has 204 valence electrons. The molecular formula is C24H28ClF4N3O4S. The molecule has 37 heavy (non-hydrogen) atoms. The lowest BCUT2D eigenvalue weighted by Crippen LogP contribution is -2.54. The number of hydrogen-bond donors (Lipinski definition) is 1. The molecule has 0 aliphatic carbocycles. The largest absolute Gasteiger partial charge is 0.416 e. The molecule has 0 fully saturated rings. The van der Waals surface area contributed by atoms with E-state index in [0.29, 0.717) is 22.0 Å². The van der Waals surface area contributed by atoms with Gasteiger partial charge in [-0.3, -0.25) is 13.9 Å². The van der Waals surface area contributed by atoms with Gasteiger partial charge >= 0.3 is 6.18 Å². The smallest absolute Gasteiger partial charge is 0.350 e. The third kappa shape index (κ3) is 8.60. The second-order valence-electron chi connectivity index (χ2n) is 9.50. The van der Waals surface area contributed by atoms with Crippen LogP contribution in [0.2, 0.25) is 5.02 Å². The highest BCUT2D eigenvalue weighted by molar-refractivity contribution is 7.92. The fourth-order valence-electron chi connectivity index (χ4n) is 3.32. The molecule has 2 aromatic rings. The van der Waals surface area contributed by atoms with Crippen molar-refractivity contribution >= 4 is 39.1 Å². The van der Waals surface area contributed by atoms with Crippen LogP contribution in [-0.2, 0) is 32.3 Å². The Hall–Kier alpha value is -2.86. The Balaban J connectivity index is 2.51. The molecule has 1 N–H and O–H groups in total. The second-order valence-corrected chi connectivity index (χ2v) is 11.8. The zero-order chi connectivity index (χ0) is 28.3. The summed E-state index contributed by atoms with van der Waals surface area (Å²) in [5, 5.41) is 2.40. The molecule has 0 unspecified atom stereocenters. The Morgan fingerprint density at radius 3 is 2.11 bits per heavy atom. The Morgan fingerprint density at radius 2 is 1.62 bits per heavy atom. The molecule has 2 aromatic carbocycles. The fraction of sp³-hybridized carbons (Fsp3) is 0.417. The Kier molecular flexibility index (Phi) is 9.24. The summed E-state index contributed by atoms with van der Waals surface area (Å²) < 4.78 is 78.9. The van der Waals surface area contributed by atoms with Crippen molar-refractivity contribution in [3.63, 3.8) is 0 Å². The molecule has 0 radical (unpaired) electrons. The van der Waals surface area contributed by atoms with Crippen LogP contribution < -0.4 is 9.62 Å². The van der Waals surface area contributed by atoms with E-state index < -0.39 is 63.2 Å². The van der Waals surface area contributed by atoms with E-state index in [-0.39, 0.29) is 11.6 Å². The molecule has 0 heterocycles. The van der Waals surface area contributed by atoms with Gasteiger partial charge in [0.25, 0.3) is 0 Å². The number of carbonyl (C=O) groups is 2. The number of alkyl halides is 3. The van der Waals surface area contributed by atoms with Gasteiger partial charge in [-0.25, -0.2) is 12.8 Å². The lowest BCUT2D eigenvalue weighted by molar-refractivity contribution is -0.140. The number of benzene rings is 2. The molecule has 2 rings (SSSR count). The zero-order valence-corrected chi connectivity index (χ0v) is 22.4. The summed E-state index contributed by atoms with van der Waals surface area (Å²) in [4.78, 5) is 27.4. The molecule has 0 spiro atoms. The van der Waals surface area contributed by atoms with E-state index in [4.69, 9.17) is 11.6 Å². The first kappa shape index (κ1) is 30.4. The number of amides is 2. The highest BCUT2D eigenvalue weighted by atomic mass is 35.5. The number of sulfonamides is 1. The second kappa shape index (κ2) is 11.3. The van der Waals surface area contributed by atoms with Gasteiger partial charge in [-0.05, 0) is 63.6 Å². The minimum Gasteiger partial charge on any atom is -0.350 e. The number of rotatable bonds is 8. The van der Waals surface area contributed by atoms with Crippen LogP contribution in [0.1, 0.15) is 38.8 Å². The zero-order valence-electron chi connectivity index (χ0n) is 20.9. The van der Waals surface area contributed by atoms with E-state index in [1.54, 1.807) is 20.8 Å². The highest BCUT2D eigenvalue weighted by Crippen LogP contribution is 2.36. The van der Waals surface area contributed by atoms with Gasteiger partial charge in [-0.2, -0.15) is 13.2 Å². The Labute approximate surface area is 218 Å². The molecule has 7 nitrogen and oxygen atoms in total. The first-order valence-corrected chi connectivity index (χ1v) is 13.2. The molecule has 0 aromatic heterocycles. The van der Waals surface area contributed by atoms with Crippen LogP contribution in [0.3, 0.4) is 0 Å². The highest BCUT2D eigenvalue weighted by Gasteiger charge is 2.35. The average molecular weight is 566 g/mol. The van der Waals surface area contributed by atoms with Gasteiger partial charge in [0.2, 0.25) is 21.8 Å². The minimum atomic E-state index is -4.79. The maximum absolute atomic E-state index is 13.5. The predicted molar refractivity (Wildman–Crippen MR) is 133 cm³/mol. The van der Waals surface area contributed by atoms with Gasteiger partial charge in [0.05, 0.1) is 22.5 Å². The van der Waals surface area contributed by atoms with Crippen molar-refractivity contribution in [3.8, 4) is 0 Å². The van der Waals surface area contributed by atoms with Crippen molar-refractivity contribution in [2.24, 2.45) is 0 Å². The summed E-state index contributed by atoms with van der Waals surface area (Å²) in [7, 11) is -4.30. The maximum atomic E-state index is 13.5. The lowest BCUT2D eigenvalue weighted by atomic mass is 10.1. The summed E-state index contributed by atoms with van der Waals surface area (Å²) >= 11 is 6.04. The lowest BCUT2D eigenvalue weighted by Gasteiger charge is -2.33. The van der Waals surface area contributed by atoms with Crippen LogP contribution in [0.15, 0.2) is 42.5 Å². The quantitative estimate of drug-likeness (QED) is 0.474. The minimum absolute atomic E-state index is 0.203. The molecule has 0 saturated heterocycles. The number of nitrogens with zero attached hydrogens (tertiary/aromatic N) is 2. The number of anilines is 1. The summed E-state index contributed by atoms with van der Waals surface area (Å²) in [6, 6.07) is 6.09. The number of halogens is 5. The van der Waals surface area contributed by atoms with Gasteiger partial charge in [-0.1, -0.05) is 23.7 Å². The molecule has 0 aliphatic heterocycles. The van der Waals surface area contributed by atoms with Crippen LogP contribution in [0.5, 0.6) is 0 Å². The molecule has 0 bridgehead atoms. The SMILES string of the molecule is C[C@H](C(=O)NC(C)(C)C)N(Cc1ccc(F)cc1)C(=O)CN(c1cc(C(F)(F)F)ccc1Cl)S(C)(=O)=O. The van der Waals surface area contributed by atoms with Gasteiger partial charge < -0.3 is 10.2 Å². The third-order valence-corrected chi connectivity index (χ3v) is 6.60. The van der Waals surface area contributed by atoms with Crippen molar-refractivity contribution in [2.45, 2.75) is 52.0 Å². The summed E-state index contributed by atoms with van der Waals surface area (Å²) in [5.41, 5.74) is -1.91. The van der Waals surface area contributed by atoms with Crippen LogP contribution in [0.25, 0.3) is 0 Å².